The fourth-order valence-electron chi connectivity index (χ4n) is 15.7. The molecular formula is C73H89BN2S. The van der Waals surface area contributed by atoms with Crippen molar-refractivity contribution in [3.63, 3.8) is 0 Å². The molecule has 0 saturated heterocycles. The van der Waals surface area contributed by atoms with Crippen molar-refractivity contribution in [2.45, 2.75) is 171 Å². The van der Waals surface area contributed by atoms with E-state index >= 15 is 0 Å². The maximum Gasteiger partial charge on any atom is 0.264 e. The van der Waals surface area contributed by atoms with Crippen LogP contribution in [0, 0.1) is 51.8 Å². The van der Waals surface area contributed by atoms with Gasteiger partial charge in [0.25, 0.3) is 6.71 Å². The van der Waals surface area contributed by atoms with Gasteiger partial charge in [-0.05, 0) is 215 Å². The molecule has 9 aliphatic rings. The molecule has 8 atom stereocenters. The minimum Gasteiger partial charge on any atom is -0.315 e. The molecule has 2 aromatic carbocycles. The summed E-state index contributed by atoms with van der Waals surface area (Å²) in [7, 11) is 0. The monoisotopic (exact) mass is 1040 g/mol. The summed E-state index contributed by atoms with van der Waals surface area (Å²) >= 11 is 2.06. The lowest BCUT2D eigenvalue weighted by molar-refractivity contribution is 0.0327. The van der Waals surface area contributed by atoms with Crippen LogP contribution in [0.15, 0.2) is 167 Å². The number of thiophene rings is 1. The van der Waals surface area contributed by atoms with E-state index in [1.54, 1.807) is 0 Å². The molecule has 0 N–H and O–H groups in total. The van der Waals surface area contributed by atoms with Crippen molar-refractivity contribution >= 4 is 55.4 Å². The zero-order valence-electron chi connectivity index (χ0n) is 51.7. The highest BCUT2D eigenvalue weighted by Crippen LogP contribution is 2.58. The van der Waals surface area contributed by atoms with Crippen LogP contribution >= 0.6 is 11.3 Å². The molecule has 8 unspecified atom stereocenters. The molecule has 1 aromatic heterocycles. The molecule has 0 radical (unpaired) electrons. The van der Waals surface area contributed by atoms with Crippen LogP contribution in [0.25, 0.3) is 10.1 Å². The molecule has 400 valence electrons. The maximum atomic E-state index is 9.15. The fraction of sp³-hybridized carbons (Fsp3) is 0.479. The van der Waals surface area contributed by atoms with E-state index in [0.29, 0.717) is 35.5 Å². The molecule has 1 saturated carbocycles. The normalized spacial score (nSPS) is 28.9. The average Bonchev–Trinajstić information content (AvgIpc) is 1.76. The smallest absolute Gasteiger partial charge is 0.264 e. The molecule has 0 spiro atoms. The number of allylic oxidation sites excluding steroid dienone is 20. The summed E-state index contributed by atoms with van der Waals surface area (Å²) in [4.78, 5) is 5.52. The summed E-state index contributed by atoms with van der Waals surface area (Å²) in [5, 5.41) is 1.37. The van der Waals surface area contributed by atoms with Gasteiger partial charge in [0.1, 0.15) is 0 Å². The summed E-state index contributed by atoms with van der Waals surface area (Å²) < 4.78 is 30.3. The Labute approximate surface area is 474 Å². The Hall–Kier alpha value is -5.06. The Balaban J connectivity index is 1.23. The van der Waals surface area contributed by atoms with Gasteiger partial charge in [-0.2, -0.15) is 0 Å². The summed E-state index contributed by atoms with van der Waals surface area (Å²) in [6.07, 6.45) is 44.3. The van der Waals surface area contributed by atoms with Gasteiger partial charge in [-0.25, -0.2) is 0 Å². The van der Waals surface area contributed by atoms with E-state index in [0.717, 1.165) is 44.9 Å². The first-order valence-corrected chi connectivity index (χ1v) is 30.9. The van der Waals surface area contributed by atoms with E-state index in [4.69, 9.17) is 10.7 Å². The molecule has 7 aliphatic carbocycles. The second-order valence-corrected chi connectivity index (χ2v) is 28.9. The number of anilines is 3. The zero-order chi connectivity index (χ0) is 56.5. The first kappa shape index (κ1) is 49.0. The summed E-state index contributed by atoms with van der Waals surface area (Å²) in [6.45, 7) is 33.9. The predicted molar refractivity (Wildman–Crippen MR) is 337 cm³/mol. The number of benzene rings is 2. The average molecular weight is 1040 g/mol. The van der Waals surface area contributed by atoms with Gasteiger partial charge in [-0.3, -0.25) is 0 Å². The molecule has 4 heteroatoms. The van der Waals surface area contributed by atoms with Gasteiger partial charge in [0.15, 0.2) is 0 Å². The third kappa shape index (κ3) is 8.87. The molecule has 0 bridgehead atoms. The van der Waals surface area contributed by atoms with E-state index in [1.807, 2.05) is 18.2 Å². The molecule has 77 heavy (non-hydrogen) atoms. The molecular weight excluding hydrogens is 948 g/mol. The third-order valence-corrected chi connectivity index (χ3v) is 21.9. The molecule has 12 rings (SSSR count). The second kappa shape index (κ2) is 19.6. The van der Waals surface area contributed by atoms with E-state index in [2.05, 4.69) is 195 Å². The van der Waals surface area contributed by atoms with Crippen LogP contribution in [0.2, 0.25) is 0 Å². The first-order valence-electron chi connectivity index (χ1n) is 31.6. The predicted octanol–water partition coefficient (Wildman–Crippen LogP) is 19.6. The van der Waals surface area contributed by atoms with E-state index < -0.39 is 12.8 Å². The number of rotatable bonds is 10. The van der Waals surface area contributed by atoms with Crippen molar-refractivity contribution in [2.24, 2.45) is 51.8 Å². The van der Waals surface area contributed by atoms with Gasteiger partial charge >= 0.3 is 0 Å². The van der Waals surface area contributed by atoms with Gasteiger partial charge in [-0.15, -0.1) is 17.9 Å². The number of nitrogens with zero attached hydrogens (tertiary/aromatic N) is 2. The molecule has 2 nitrogen and oxygen atoms in total. The molecule has 3 heterocycles. The maximum absolute atomic E-state index is 9.15. The second-order valence-electron chi connectivity index (χ2n) is 27.8. The Morgan fingerprint density at radius 3 is 2.31 bits per heavy atom. The van der Waals surface area contributed by atoms with Gasteiger partial charge < -0.3 is 9.80 Å². The SMILES string of the molecule is [2H]C([2H])([2H])C1C=CC=CC1C(C1=CCCC=C1)c1cc2c3c(c1)N(C1=CC4C(C=C1)C(C)(C)CCC4(C)C)c1c(sc4cc5c(cc14)C(C)CCC5C)B3C1=C(CCC(C(C)(C)C)=C1)N2C1=C(C(=C)CCC=C)CC(C(C)C)C=C1. The minimum absolute atomic E-state index is 0.00543. The van der Waals surface area contributed by atoms with Crippen molar-refractivity contribution in [2.75, 3.05) is 9.80 Å². The van der Waals surface area contributed by atoms with Crippen LogP contribution in [0.5, 0.6) is 0 Å². The van der Waals surface area contributed by atoms with Gasteiger partial charge in [-0.1, -0.05) is 168 Å². The topological polar surface area (TPSA) is 6.48 Å². The number of hydrogen-bond donors (Lipinski definition) is 0. The van der Waals surface area contributed by atoms with Crippen molar-refractivity contribution in [1.82, 2.24) is 0 Å². The highest BCUT2D eigenvalue weighted by Gasteiger charge is 2.51. The third-order valence-electron chi connectivity index (χ3n) is 20.7. The van der Waals surface area contributed by atoms with Crippen LogP contribution in [-0.2, 0) is 0 Å². The minimum atomic E-state index is -2.19. The van der Waals surface area contributed by atoms with E-state index in [9.17, 15) is 0 Å². The summed E-state index contributed by atoms with van der Waals surface area (Å²) in [5.41, 5.74) is 20.3. The van der Waals surface area contributed by atoms with Crippen molar-refractivity contribution in [3.8, 4) is 0 Å². The molecule has 3 aromatic rings. The van der Waals surface area contributed by atoms with Gasteiger partial charge in [0.2, 0.25) is 0 Å². The Morgan fingerprint density at radius 1 is 0.883 bits per heavy atom. The van der Waals surface area contributed by atoms with E-state index in [-0.39, 0.29) is 34.8 Å². The van der Waals surface area contributed by atoms with Crippen LogP contribution in [-0.4, -0.2) is 6.71 Å². The van der Waals surface area contributed by atoms with Crippen molar-refractivity contribution in [1.29, 1.82) is 0 Å². The lowest BCUT2D eigenvalue weighted by Gasteiger charge is -2.52. The largest absolute Gasteiger partial charge is 0.315 e. The Morgan fingerprint density at radius 2 is 1.61 bits per heavy atom. The molecule has 2 aliphatic heterocycles. The fourth-order valence-corrected chi connectivity index (χ4v) is 17.0. The van der Waals surface area contributed by atoms with Gasteiger partial charge in [0.05, 0.1) is 5.69 Å². The van der Waals surface area contributed by atoms with E-state index in [1.165, 1.54) is 125 Å². The summed E-state index contributed by atoms with van der Waals surface area (Å²) in [5.74, 6) is 1.51. The van der Waals surface area contributed by atoms with Crippen molar-refractivity contribution in [3.05, 3.63) is 184 Å². The first-order chi connectivity index (χ1) is 38.0. The van der Waals surface area contributed by atoms with Gasteiger partial charge in [0, 0.05) is 53.4 Å². The Bertz CT molecular complexity index is 3400. The Kier molecular flexibility index (Phi) is 12.5. The number of hydrogen-bond acceptors (Lipinski definition) is 3. The standard InChI is InChI=1S/C73H89BN2S/c1-15-16-22-46(5)57-37-50(44(2)3)29-33-62(57)76-63-34-30-52(71(8,9)10)40-61(63)74-68-64(38-51(39-65(68)76)67(49-24-18-17-19-25-49)54-26-21-20-23-45(54)4)75(53-31-32-59-60(41-53)73(13,14)36-35-72(59,11)12)69-58-42-55-47(6)27-28-48(7)56(55)43-66(58)77-70(69)74/h15,18,20-21,23-26,29,31-33,38-45,47-48,50,54,59-60,67H,1,5,16-17,19,22,27-28,30,34-37H2,2-4,6-14H3/i4D3. The van der Waals surface area contributed by atoms with Crippen LogP contribution in [0.1, 0.15) is 192 Å². The highest BCUT2D eigenvalue weighted by atomic mass is 32.1. The van der Waals surface area contributed by atoms with Crippen molar-refractivity contribution < 1.29 is 4.11 Å². The lowest BCUT2D eigenvalue weighted by Crippen LogP contribution is -2.56. The van der Waals surface area contributed by atoms with Crippen LogP contribution in [0.3, 0.4) is 0 Å². The highest BCUT2D eigenvalue weighted by molar-refractivity contribution is 7.33. The zero-order valence-corrected chi connectivity index (χ0v) is 49.5. The lowest BCUT2D eigenvalue weighted by atomic mass is 9.34. The molecule has 0 amide bonds. The van der Waals surface area contributed by atoms with Crippen LogP contribution in [0.4, 0.5) is 17.1 Å². The molecule has 1 fully saturated rings. The van der Waals surface area contributed by atoms with Crippen LogP contribution < -0.4 is 20.0 Å². The summed E-state index contributed by atoms with van der Waals surface area (Å²) in [6, 6.07) is 10.4. The number of fused-ring (bicyclic) bond motifs is 7. The quantitative estimate of drug-likeness (QED) is 0.147.